The largest absolute Gasteiger partial charge is 0.375 e. The van der Waals surface area contributed by atoms with Crippen LogP contribution in [0.4, 0.5) is 0 Å². The fourth-order valence-corrected chi connectivity index (χ4v) is 3.38. The molecule has 2 fully saturated rings. The van der Waals surface area contributed by atoms with Crippen LogP contribution in [0.3, 0.4) is 0 Å². The summed E-state index contributed by atoms with van der Waals surface area (Å²) in [4.78, 5) is 0. The first-order valence-corrected chi connectivity index (χ1v) is 9.49. The van der Waals surface area contributed by atoms with Crippen LogP contribution >= 0.6 is 0 Å². The van der Waals surface area contributed by atoms with E-state index in [4.69, 9.17) is 18.8 Å². The Bertz CT molecular complexity index is 390. The SMILES string of the molecule is O=S(=O)(O)CCCOC1CCCCC1OC1CCCCO1. The van der Waals surface area contributed by atoms with Crippen LogP contribution in [-0.2, 0) is 24.3 Å². The van der Waals surface area contributed by atoms with Crippen LogP contribution in [0.15, 0.2) is 0 Å². The van der Waals surface area contributed by atoms with Gasteiger partial charge < -0.3 is 14.2 Å². The highest BCUT2D eigenvalue weighted by atomic mass is 32.2. The average Bonchev–Trinajstić information content (AvgIpc) is 2.45. The van der Waals surface area contributed by atoms with E-state index in [2.05, 4.69) is 0 Å². The molecule has 0 amide bonds. The van der Waals surface area contributed by atoms with Crippen molar-refractivity contribution in [3.63, 3.8) is 0 Å². The van der Waals surface area contributed by atoms with E-state index in [0.717, 1.165) is 51.6 Å². The zero-order valence-electron chi connectivity index (χ0n) is 12.4. The van der Waals surface area contributed by atoms with Gasteiger partial charge in [0.2, 0.25) is 0 Å². The first kappa shape index (κ1) is 17.1. The zero-order valence-corrected chi connectivity index (χ0v) is 13.2. The second-order valence-electron chi connectivity index (χ2n) is 5.80. The van der Waals surface area contributed by atoms with E-state index in [1.54, 1.807) is 0 Å². The highest BCUT2D eigenvalue weighted by Gasteiger charge is 2.30. The molecule has 21 heavy (non-hydrogen) atoms. The molecule has 0 aromatic heterocycles. The van der Waals surface area contributed by atoms with Gasteiger partial charge in [-0.15, -0.1) is 0 Å². The molecule has 6 nitrogen and oxygen atoms in total. The van der Waals surface area contributed by atoms with Crippen molar-refractivity contribution in [2.45, 2.75) is 69.9 Å². The molecule has 7 heteroatoms. The predicted molar refractivity (Wildman–Crippen MR) is 77.7 cm³/mol. The van der Waals surface area contributed by atoms with E-state index in [0.29, 0.717) is 13.0 Å². The first-order valence-electron chi connectivity index (χ1n) is 7.88. The lowest BCUT2D eigenvalue weighted by atomic mass is 9.94. The highest BCUT2D eigenvalue weighted by Crippen LogP contribution is 2.27. The quantitative estimate of drug-likeness (QED) is 0.571. The molecule has 0 bridgehead atoms. The molecule has 2 rings (SSSR count). The third-order valence-electron chi connectivity index (χ3n) is 3.98. The Hall–Kier alpha value is -0.210. The van der Waals surface area contributed by atoms with E-state index in [9.17, 15) is 8.42 Å². The summed E-state index contributed by atoms with van der Waals surface area (Å²) in [5.74, 6) is -0.253. The van der Waals surface area contributed by atoms with Gasteiger partial charge in [0.15, 0.2) is 6.29 Å². The smallest absolute Gasteiger partial charge is 0.264 e. The summed E-state index contributed by atoms with van der Waals surface area (Å²) in [6.45, 7) is 1.09. The van der Waals surface area contributed by atoms with Crippen molar-refractivity contribution >= 4 is 10.1 Å². The molecule has 1 saturated heterocycles. The van der Waals surface area contributed by atoms with Crippen LogP contribution in [0.2, 0.25) is 0 Å². The molecule has 1 aliphatic heterocycles. The van der Waals surface area contributed by atoms with E-state index in [1.807, 2.05) is 0 Å². The molecule has 3 unspecified atom stereocenters. The summed E-state index contributed by atoms with van der Waals surface area (Å²) < 4.78 is 47.4. The van der Waals surface area contributed by atoms with E-state index in [-0.39, 0.29) is 24.3 Å². The van der Waals surface area contributed by atoms with Crippen LogP contribution in [0.25, 0.3) is 0 Å². The molecule has 1 saturated carbocycles. The Kier molecular flexibility index (Phi) is 6.88. The fourth-order valence-electron chi connectivity index (χ4n) is 2.90. The topological polar surface area (TPSA) is 82.1 Å². The van der Waals surface area contributed by atoms with E-state index >= 15 is 0 Å². The Morgan fingerprint density at radius 1 is 1.05 bits per heavy atom. The molecule has 0 aromatic carbocycles. The van der Waals surface area contributed by atoms with Crippen molar-refractivity contribution in [2.24, 2.45) is 0 Å². The molecule has 0 aromatic rings. The predicted octanol–water partition coefficient (Wildman–Crippen LogP) is 2.14. The lowest BCUT2D eigenvalue weighted by Crippen LogP contribution is -2.39. The maximum Gasteiger partial charge on any atom is 0.264 e. The minimum atomic E-state index is -3.89. The van der Waals surface area contributed by atoms with Gasteiger partial charge in [0.25, 0.3) is 10.1 Å². The van der Waals surface area contributed by atoms with Gasteiger partial charge in [0.05, 0.1) is 18.0 Å². The molecule has 0 radical (unpaired) electrons. The van der Waals surface area contributed by atoms with Crippen molar-refractivity contribution in [1.82, 2.24) is 0 Å². The van der Waals surface area contributed by atoms with Crippen LogP contribution in [0.5, 0.6) is 0 Å². The molecule has 1 aliphatic carbocycles. The number of ether oxygens (including phenoxy) is 3. The van der Waals surface area contributed by atoms with Crippen LogP contribution in [0, 0.1) is 0 Å². The highest BCUT2D eigenvalue weighted by molar-refractivity contribution is 7.85. The summed E-state index contributed by atoms with van der Waals surface area (Å²) in [7, 11) is -3.89. The summed E-state index contributed by atoms with van der Waals surface area (Å²) in [6, 6.07) is 0. The van der Waals surface area contributed by atoms with Crippen molar-refractivity contribution in [3.8, 4) is 0 Å². The zero-order chi connectivity index (χ0) is 15.1. The second kappa shape index (κ2) is 8.43. The molecule has 1 heterocycles. The molecule has 2 aliphatic rings. The van der Waals surface area contributed by atoms with Crippen molar-refractivity contribution < 1.29 is 27.2 Å². The standard InChI is InChI=1S/C14H26O6S/c15-21(16,17)11-5-10-18-12-6-1-2-7-13(12)20-14-8-3-4-9-19-14/h12-14H,1-11H2,(H,15,16,17). The summed E-state index contributed by atoms with van der Waals surface area (Å²) >= 11 is 0. The van der Waals surface area contributed by atoms with E-state index < -0.39 is 10.1 Å². The fraction of sp³-hybridized carbons (Fsp3) is 1.00. The monoisotopic (exact) mass is 322 g/mol. The minimum absolute atomic E-state index is 0.00525. The molecular formula is C14H26O6S. The van der Waals surface area contributed by atoms with Gasteiger partial charge in [0.1, 0.15) is 0 Å². The average molecular weight is 322 g/mol. The summed E-state index contributed by atoms with van der Waals surface area (Å²) in [5, 5.41) is 0. The second-order valence-corrected chi connectivity index (χ2v) is 7.38. The summed E-state index contributed by atoms with van der Waals surface area (Å²) in [5.41, 5.74) is 0. The van der Waals surface area contributed by atoms with Crippen LogP contribution in [-0.4, -0.2) is 50.4 Å². The van der Waals surface area contributed by atoms with Crippen LogP contribution in [0.1, 0.15) is 51.4 Å². The normalized spacial score (nSPS) is 31.2. The molecular weight excluding hydrogens is 296 g/mol. The summed E-state index contributed by atoms with van der Waals surface area (Å²) in [6.07, 6.45) is 7.53. The Morgan fingerprint density at radius 3 is 2.43 bits per heavy atom. The van der Waals surface area contributed by atoms with Gasteiger partial charge in [-0.25, -0.2) is 0 Å². The lowest BCUT2D eigenvalue weighted by Gasteiger charge is -2.35. The van der Waals surface area contributed by atoms with Crippen molar-refractivity contribution in [2.75, 3.05) is 19.0 Å². The molecule has 3 atom stereocenters. The lowest BCUT2D eigenvalue weighted by molar-refractivity contribution is -0.218. The Morgan fingerprint density at radius 2 is 1.76 bits per heavy atom. The van der Waals surface area contributed by atoms with Crippen molar-refractivity contribution in [1.29, 1.82) is 0 Å². The minimum Gasteiger partial charge on any atom is -0.375 e. The van der Waals surface area contributed by atoms with Gasteiger partial charge in [-0.3, -0.25) is 4.55 Å². The third-order valence-corrected chi connectivity index (χ3v) is 4.79. The molecule has 0 spiro atoms. The van der Waals surface area contributed by atoms with Gasteiger partial charge >= 0.3 is 0 Å². The van der Waals surface area contributed by atoms with E-state index in [1.165, 1.54) is 0 Å². The Balaban J connectivity index is 1.72. The number of rotatable bonds is 7. The van der Waals surface area contributed by atoms with Crippen molar-refractivity contribution in [3.05, 3.63) is 0 Å². The van der Waals surface area contributed by atoms with Gasteiger partial charge in [-0.1, -0.05) is 12.8 Å². The molecule has 124 valence electrons. The van der Waals surface area contributed by atoms with Gasteiger partial charge in [-0.05, 0) is 38.5 Å². The maximum atomic E-state index is 10.7. The maximum absolute atomic E-state index is 10.7. The number of hydrogen-bond acceptors (Lipinski definition) is 5. The van der Waals surface area contributed by atoms with Crippen LogP contribution < -0.4 is 0 Å². The van der Waals surface area contributed by atoms with Gasteiger partial charge in [-0.2, -0.15) is 8.42 Å². The van der Waals surface area contributed by atoms with Gasteiger partial charge in [0, 0.05) is 13.2 Å². The third kappa shape index (κ3) is 6.61. The first-order chi connectivity index (χ1) is 10.0. The Labute approximate surface area is 126 Å². The molecule has 1 N–H and O–H groups in total. The number of hydrogen-bond donors (Lipinski definition) is 1.